The van der Waals surface area contributed by atoms with Crippen LogP contribution in [0.4, 0.5) is 0 Å². The predicted octanol–water partition coefficient (Wildman–Crippen LogP) is 0.670. The molecule has 0 aromatic carbocycles. The van der Waals surface area contributed by atoms with E-state index in [1.807, 2.05) is 13.8 Å². The van der Waals surface area contributed by atoms with Crippen LogP contribution in [0.15, 0.2) is 6.33 Å². The van der Waals surface area contributed by atoms with Gasteiger partial charge < -0.3 is 10.8 Å². The van der Waals surface area contributed by atoms with E-state index in [9.17, 15) is 9.90 Å². The van der Waals surface area contributed by atoms with Crippen molar-refractivity contribution in [2.45, 2.75) is 39.7 Å². The van der Waals surface area contributed by atoms with Gasteiger partial charge in [0, 0.05) is 19.5 Å². The first-order valence-corrected chi connectivity index (χ1v) is 5.89. The van der Waals surface area contributed by atoms with Crippen LogP contribution in [0, 0.1) is 5.41 Å². The van der Waals surface area contributed by atoms with Crippen molar-refractivity contribution >= 4 is 5.97 Å². The van der Waals surface area contributed by atoms with E-state index in [-0.39, 0.29) is 6.54 Å². The third-order valence-electron chi connectivity index (χ3n) is 3.15. The van der Waals surface area contributed by atoms with Gasteiger partial charge in [-0.1, -0.05) is 13.8 Å². The molecule has 1 aromatic heterocycles. The Kier molecular flexibility index (Phi) is 4.62. The molecule has 6 heteroatoms. The molecule has 1 unspecified atom stereocenters. The lowest BCUT2D eigenvalue weighted by molar-refractivity contribution is -0.148. The monoisotopic (exact) mass is 240 g/mol. The lowest BCUT2D eigenvalue weighted by Crippen LogP contribution is -2.40. The zero-order chi connectivity index (χ0) is 12.9. The molecule has 17 heavy (non-hydrogen) atoms. The molecule has 1 aromatic rings. The second kappa shape index (κ2) is 5.77. The average Bonchev–Trinajstić information content (AvgIpc) is 2.73. The molecule has 1 heterocycles. The fourth-order valence-corrected chi connectivity index (χ4v) is 1.78. The summed E-state index contributed by atoms with van der Waals surface area (Å²) in [6, 6.07) is 0. The topological polar surface area (TPSA) is 94.0 Å². The van der Waals surface area contributed by atoms with Gasteiger partial charge in [0.1, 0.15) is 12.2 Å². The Balaban J connectivity index is 2.93. The van der Waals surface area contributed by atoms with Crippen molar-refractivity contribution in [2.24, 2.45) is 11.1 Å². The number of nitrogens with zero attached hydrogens (tertiary/aromatic N) is 3. The van der Waals surface area contributed by atoms with Gasteiger partial charge >= 0.3 is 5.97 Å². The van der Waals surface area contributed by atoms with Gasteiger partial charge in [-0.3, -0.25) is 9.48 Å². The van der Waals surface area contributed by atoms with Crippen LogP contribution in [0.2, 0.25) is 0 Å². The largest absolute Gasteiger partial charge is 0.481 e. The van der Waals surface area contributed by atoms with Crippen molar-refractivity contribution in [2.75, 3.05) is 6.54 Å². The molecule has 0 fully saturated rings. The summed E-state index contributed by atoms with van der Waals surface area (Å²) in [7, 11) is 0. The van der Waals surface area contributed by atoms with Crippen molar-refractivity contribution in [1.29, 1.82) is 0 Å². The third kappa shape index (κ3) is 2.82. The first-order chi connectivity index (χ1) is 8.09. The summed E-state index contributed by atoms with van der Waals surface area (Å²) in [5.41, 5.74) is 4.69. The van der Waals surface area contributed by atoms with Gasteiger partial charge in [0.25, 0.3) is 0 Å². The number of hydrogen-bond acceptors (Lipinski definition) is 4. The van der Waals surface area contributed by atoms with Gasteiger partial charge in [-0.2, -0.15) is 5.10 Å². The molecule has 1 rings (SSSR count). The summed E-state index contributed by atoms with van der Waals surface area (Å²) in [6.07, 6.45) is 3.21. The second-order valence-electron chi connectivity index (χ2n) is 4.22. The molecule has 0 saturated heterocycles. The molecule has 0 aliphatic heterocycles. The maximum absolute atomic E-state index is 11.3. The number of hydrogen-bond donors (Lipinski definition) is 2. The van der Waals surface area contributed by atoms with Crippen molar-refractivity contribution in [1.82, 2.24) is 14.8 Å². The van der Waals surface area contributed by atoms with E-state index in [0.717, 1.165) is 13.0 Å². The van der Waals surface area contributed by atoms with E-state index < -0.39 is 11.4 Å². The lowest BCUT2D eigenvalue weighted by Gasteiger charge is -2.25. The Morgan fingerprint density at radius 3 is 2.76 bits per heavy atom. The minimum absolute atomic E-state index is 0.109. The van der Waals surface area contributed by atoms with E-state index in [1.165, 1.54) is 6.33 Å². The van der Waals surface area contributed by atoms with Gasteiger partial charge in [-0.15, -0.1) is 0 Å². The van der Waals surface area contributed by atoms with Crippen LogP contribution in [-0.4, -0.2) is 32.4 Å². The van der Waals surface area contributed by atoms with Crippen LogP contribution in [0.3, 0.4) is 0 Å². The lowest BCUT2D eigenvalue weighted by atomic mass is 9.81. The highest BCUT2D eigenvalue weighted by atomic mass is 16.4. The summed E-state index contributed by atoms with van der Waals surface area (Å²) < 4.78 is 1.75. The third-order valence-corrected chi connectivity index (χ3v) is 3.15. The standard InChI is InChI=1S/C11H20N4O2/c1-3-5-15-9(13-8-14-15)6-11(4-2,7-12)10(16)17/h8H,3-7,12H2,1-2H3,(H,16,17). The van der Waals surface area contributed by atoms with Gasteiger partial charge in [0.05, 0.1) is 5.41 Å². The average molecular weight is 240 g/mol. The Hall–Kier alpha value is -1.43. The van der Waals surface area contributed by atoms with Crippen LogP contribution in [0.5, 0.6) is 0 Å². The Labute approximate surface area is 101 Å². The van der Waals surface area contributed by atoms with Gasteiger partial charge in [0.2, 0.25) is 0 Å². The van der Waals surface area contributed by atoms with E-state index in [4.69, 9.17) is 5.73 Å². The highest BCUT2D eigenvalue weighted by Crippen LogP contribution is 2.25. The van der Waals surface area contributed by atoms with E-state index in [2.05, 4.69) is 10.1 Å². The van der Waals surface area contributed by atoms with E-state index in [0.29, 0.717) is 18.7 Å². The Bertz CT molecular complexity index is 371. The molecule has 3 N–H and O–H groups in total. The molecule has 96 valence electrons. The van der Waals surface area contributed by atoms with Crippen molar-refractivity contribution in [3.63, 3.8) is 0 Å². The highest BCUT2D eigenvalue weighted by molar-refractivity contribution is 5.75. The zero-order valence-corrected chi connectivity index (χ0v) is 10.4. The molecule has 0 saturated carbocycles. The summed E-state index contributed by atoms with van der Waals surface area (Å²) in [5.74, 6) is -0.171. The van der Waals surface area contributed by atoms with Crippen molar-refractivity contribution < 1.29 is 9.90 Å². The molecule has 0 aliphatic carbocycles. The zero-order valence-electron chi connectivity index (χ0n) is 10.4. The molecule has 0 spiro atoms. The molecule has 0 bridgehead atoms. The summed E-state index contributed by atoms with van der Waals surface area (Å²) in [6.45, 7) is 4.73. The maximum atomic E-state index is 11.3. The fraction of sp³-hybridized carbons (Fsp3) is 0.727. The Morgan fingerprint density at radius 2 is 2.29 bits per heavy atom. The normalized spacial score (nSPS) is 14.5. The Morgan fingerprint density at radius 1 is 1.59 bits per heavy atom. The van der Waals surface area contributed by atoms with Crippen LogP contribution in [0.25, 0.3) is 0 Å². The molecular weight excluding hydrogens is 220 g/mol. The van der Waals surface area contributed by atoms with E-state index in [1.54, 1.807) is 4.68 Å². The molecular formula is C11H20N4O2. The number of aromatic nitrogens is 3. The quantitative estimate of drug-likeness (QED) is 0.730. The van der Waals surface area contributed by atoms with Gasteiger partial charge in [0.15, 0.2) is 0 Å². The number of nitrogens with two attached hydrogens (primary N) is 1. The molecule has 0 radical (unpaired) electrons. The van der Waals surface area contributed by atoms with Crippen LogP contribution in [0.1, 0.15) is 32.5 Å². The number of rotatable bonds is 7. The number of carboxylic acid groups (broad SMARTS) is 1. The number of carbonyl (C=O) groups is 1. The SMILES string of the molecule is CCCn1ncnc1CC(CC)(CN)C(=O)O. The van der Waals surface area contributed by atoms with Crippen molar-refractivity contribution in [3.05, 3.63) is 12.2 Å². The number of aliphatic carboxylic acids is 1. The first-order valence-electron chi connectivity index (χ1n) is 5.89. The maximum Gasteiger partial charge on any atom is 0.311 e. The predicted molar refractivity (Wildman–Crippen MR) is 63.4 cm³/mol. The molecule has 1 atom stereocenters. The smallest absolute Gasteiger partial charge is 0.311 e. The fourth-order valence-electron chi connectivity index (χ4n) is 1.78. The first kappa shape index (κ1) is 13.6. The second-order valence-corrected chi connectivity index (χ2v) is 4.22. The van der Waals surface area contributed by atoms with Crippen LogP contribution in [-0.2, 0) is 17.8 Å². The molecule has 0 aliphatic rings. The number of aryl methyl sites for hydroxylation is 1. The van der Waals surface area contributed by atoms with Gasteiger partial charge in [-0.25, -0.2) is 4.98 Å². The minimum Gasteiger partial charge on any atom is -0.481 e. The summed E-state index contributed by atoms with van der Waals surface area (Å²) in [4.78, 5) is 15.5. The van der Waals surface area contributed by atoms with Crippen LogP contribution < -0.4 is 5.73 Å². The summed E-state index contributed by atoms with van der Waals surface area (Å²) >= 11 is 0. The minimum atomic E-state index is -0.932. The van der Waals surface area contributed by atoms with Crippen LogP contribution >= 0.6 is 0 Å². The molecule has 6 nitrogen and oxygen atoms in total. The van der Waals surface area contributed by atoms with Crippen molar-refractivity contribution in [3.8, 4) is 0 Å². The van der Waals surface area contributed by atoms with Gasteiger partial charge in [-0.05, 0) is 12.8 Å². The van der Waals surface area contributed by atoms with E-state index >= 15 is 0 Å². The molecule has 0 amide bonds. The summed E-state index contributed by atoms with van der Waals surface area (Å²) in [5, 5.41) is 13.4. The number of carboxylic acids is 1. The highest BCUT2D eigenvalue weighted by Gasteiger charge is 2.37.